The maximum atomic E-state index is 14.4. The molecule has 7 heteroatoms. The Morgan fingerprint density at radius 1 is 0.978 bits per heavy atom. The topological polar surface area (TPSA) is 65.6 Å². The summed E-state index contributed by atoms with van der Waals surface area (Å²) in [6.07, 6.45) is 1.95. The van der Waals surface area contributed by atoms with Crippen molar-refractivity contribution >= 4 is 29.1 Å². The highest BCUT2D eigenvalue weighted by Gasteiger charge is 2.35. The SMILES string of the molecule is CCOC(=O)C1=C(c2ccccc2)N=c2s/c(=C/c3cc(C)n(-c4cccc(C)c4)c3C)c(=O)n2[C@@H]1c1ccc(C(C)C)cc1. The zero-order valence-corrected chi connectivity index (χ0v) is 27.3. The molecular weight excluding hydrogens is 579 g/mol. The fourth-order valence-electron chi connectivity index (χ4n) is 6.06. The molecular formula is C38H37N3O3S. The highest BCUT2D eigenvalue weighted by Crippen LogP contribution is 2.35. The highest BCUT2D eigenvalue weighted by atomic mass is 32.1. The Bertz CT molecular complexity index is 2110. The van der Waals surface area contributed by atoms with Gasteiger partial charge >= 0.3 is 5.97 Å². The van der Waals surface area contributed by atoms with Crippen molar-refractivity contribution in [1.82, 2.24) is 9.13 Å². The molecule has 2 aromatic heterocycles. The Balaban J connectivity index is 1.60. The van der Waals surface area contributed by atoms with Crippen molar-refractivity contribution in [1.29, 1.82) is 0 Å². The smallest absolute Gasteiger partial charge is 0.338 e. The average Bonchev–Trinajstić information content (AvgIpc) is 3.50. The van der Waals surface area contributed by atoms with Gasteiger partial charge in [-0.2, -0.15) is 0 Å². The normalized spacial score (nSPS) is 14.9. The predicted octanol–water partition coefficient (Wildman–Crippen LogP) is 6.77. The number of ether oxygens (including phenoxy) is 1. The number of hydrogen-bond donors (Lipinski definition) is 0. The number of nitrogens with zero attached hydrogens (tertiary/aromatic N) is 3. The van der Waals surface area contributed by atoms with Gasteiger partial charge in [0.1, 0.15) is 0 Å². The second kappa shape index (κ2) is 12.3. The van der Waals surface area contributed by atoms with Crippen molar-refractivity contribution in [3.8, 4) is 5.69 Å². The number of aryl methyl sites for hydroxylation is 2. The number of thiazole rings is 1. The number of benzene rings is 3. The van der Waals surface area contributed by atoms with Crippen LogP contribution >= 0.6 is 11.3 Å². The van der Waals surface area contributed by atoms with Crippen LogP contribution in [0.2, 0.25) is 0 Å². The fourth-order valence-corrected chi connectivity index (χ4v) is 7.05. The predicted molar refractivity (Wildman–Crippen MR) is 182 cm³/mol. The van der Waals surface area contributed by atoms with Gasteiger partial charge in [0, 0.05) is 22.6 Å². The Morgan fingerprint density at radius 2 is 1.71 bits per heavy atom. The maximum absolute atomic E-state index is 14.4. The Kier molecular flexibility index (Phi) is 8.30. The minimum Gasteiger partial charge on any atom is -0.463 e. The van der Waals surface area contributed by atoms with Crippen molar-refractivity contribution in [2.24, 2.45) is 4.99 Å². The summed E-state index contributed by atoms with van der Waals surface area (Å²) in [4.78, 5) is 33.6. The monoisotopic (exact) mass is 615 g/mol. The van der Waals surface area contributed by atoms with Crippen LogP contribution in [0.15, 0.2) is 100 Å². The maximum Gasteiger partial charge on any atom is 0.338 e. The van der Waals surface area contributed by atoms with E-state index in [1.807, 2.05) is 48.5 Å². The number of rotatable bonds is 7. The molecule has 0 bridgehead atoms. The summed E-state index contributed by atoms with van der Waals surface area (Å²) in [5.41, 5.74) is 8.86. The molecule has 0 unspecified atom stereocenters. The second-order valence-corrected chi connectivity index (χ2v) is 12.8. The zero-order valence-electron chi connectivity index (χ0n) is 26.5. The third-order valence-corrected chi connectivity index (χ3v) is 9.29. The van der Waals surface area contributed by atoms with Gasteiger partial charge in [-0.15, -0.1) is 0 Å². The molecule has 5 aromatic rings. The molecule has 0 amide bonds. The van der Waals surface area contributed by atoms with Crippen LogP contribution in [0.25, 0.3) is 17.5 Å². The first-order valence-corrected chi connectivity index (χ1v) is 16.1. The van der Waals surface area contributed by atoms with Crippen molar-refractivity contribution < 1.29 is 9.53 Å². The van der Waals surface area contributed by atoms with E-state index in [-0.39, 0.29) is 12.2 Å². The lowest BCUT2D eigenvalue weighted by Gasteiger charge is -2.26. The van der Waals surface area contributed by atoms with Gasteiger partial charge in [-0.25, -0.2) is 9.79 Å². The Hall–Kier alpha value is -4.75. The molecule has 6 nitrogen and oxygen atoms in total. The van der Waals surface area contributed by atoms with Gasteiger partial charge in [0.15, 0.2) is 4.80 Å². The lowest BCUT2D eigenvalue weighted by Crippen LogP contribution is -2.40. The van der Waals surface area contributed by atoms with Crippen LogP contribution in [0.3, 0.4) is 0 Å². The van der Waals surface area contributed by atoms with Crippen LogP contribution in [0, 0.1) is 20.8 Å². The number of carbonyl (C=O) groups is 1. The van der Waals surface area contributed by atoms with E-state index in [4.69, 9.17) is 9.73 Å². The molecule has 0 aliphatic carbocycles. The molecule has 3 aromatic carbocycles. The number of aromatic nitrogens is 2. The van der Waals surface area contributed by atoms with Gasteiger partial charge < -0.3 is 9.30 Å². The van der Waals surface area contributed by atoms with Crippen LogP contribution in [0.4, 0.5) is 0 Å². The molecule has 0 saturated heterocycles. The van der Waals surface area contributed by atoms with Crippen molar-refractivity contribution in [3.05, 3.63) is 149 Å². The number of fused-ring (bicyclic) bond motifs is 1. The second-order valence-electron chi connectivity index (χ2n) is 11.8. The fraction of sp³-hybridized carbons (Fsp3) is 0.237. The summed E-state index contributed by atoms with van der Waals surface area (Å²) in [5.74, 6) is -0.131. The summed E-state index contributed by atoms with van der Waals surface area (Å²) in [7, 11) is 0. The summed E-state index contributed by atoms with van der Waals surface area (Å²) < 4.78 is 10.0. The molecule has 1 atom stereocenters. The standard InChI is InChI=1S/C38H37N3O3S/c1-7-44-37(43)33-34(28-13-9-8-10-14-28)39-38-41(35(33)29-18-16-27(17-19-29)23(2)3)36(42)32(45-38)22-30-21-25(5)40(26(30)6)31-15-11-12-24(4)20-31/h8-23,35H,7H2,1-6H3/b32-22+/t35-/m1/s1. The van der Waals surface area contributed by atoms with Crippen LogP contribution in [0.1, 0.15) is 71.9 Å². The Labute approximate surface area is 267 Å². The van der Waals surface area contributed by atoms with E-state index in [1.54, 1.807) is 11.5 Å². The molecule has 0 N–H and O–H groups in total. The van der Waals surface area contributed by atoms with Crippen LogP contribution in [0.5, 0.6) is 0 Å². The quantitative estimate of drug-likeness (QED) is 0.190. The summed E-state index contributed by atoms with van der Waals surface area (Å²) in [6, 6.07) is 27.6. The molecule has 3 heterocycles. The van der Waals surface area contributed by atoms with Crippen LogP contribution in [-0.4, -0.2) is 21.7 Å². The highest BCUT2D eigenvalue weighted by molar-refractivity contribution is 7.07. The zero-order chi connectivity index (χ0) is 31.8. The van der Waals surface area contributed by atoms with E-state index in [2.05, 4.69) is 81.7 Å². The van der Waals surface area contributed by atoms with E-state index >= 15 is 0 Å². The van der Waals surface area contributed by atoms with Crippen molar-refractivity contribution in [2.75, 3.05) is 6.61 Å². The molecule has 0 saturated carbocycles. The van der Waals surface area contributed by atoms with E-state index in [0.717, 1.165) is 33.8 Å². The van der Waals surface area contributed by atoms with Gasteiger partial charge in [-0.3, -0.25) is 9.36 Å². The summed E-state index contributed by atoms with van der Waals surface area (Å²) in [5, 5.41) is 0. The number of hydrogen-bond acceptors (Lipinski definition) is 5. The minimum atomic E-state index is -0.696. The summed E-state index contributed by atoms with van der Waals surface area (Å²) >= 11 is 1.34. The van der Waals surface area contributed by atoms with Crippen molar-refractivity contribution in [2.45, 2.75) is 53.5 Å². The average molecular weight is 616 g/mol. The molecule has 228 valence electrons. The van der Waals surface area contributed by atoms with Crippen LogP contribution < -0.4 is 14.9 Å². The van der Waals surface area contributed by atoms with Gasteiger partial charge in [-0.1, -0.05) is 91.9 Å². The lowest BCUT2D eigenvalue weighted by atomic mass is 9.91. The number of carbonyl (C=O) groups excluding carboxylic acids is 1. The minimum absolute atomic E-state index is 0.189. The molecule has 0 radical (unpaired) electrons. The molecule has 6 rings (SSSR count). The van der Waals surface area contributed by atoms with Gasteiger partial charge in [0.2, 0.25) is 0 Å². The molecule has 1 aliphatic rings. The third-order valence-electron chi connectivity index (χ3n) is 8.31. The first-order valence-electron chi connectivity index (χ1n) is 15.3. The summed E-state index contributed by atoms with van der Waals surface area (Å²) in [6.45, 7) is 12.5. The lowest BCUT2D eigenvalue weighted by molar-refractivity contribution is -0.138. The van der Waals surface area contributed by atoms with Crippen molar-refractivity contribution in [3.63, 3.8) is 0 Å². The van der Waals surface area contributed by atoms with E-state index in [9.17, 15) is 9.59 Å². The largest absolute Gasteiger partial charge is 0.463 e. The van der Waals surface area contributed by atoms with Gasteiger partial charge in [0.05, 0.1) is 28.5 Å². The third kappa shape index (κ3) is 5.64. The van der Waals surface area contributed by atoms with Gasteiger partial charge in [0.25, 0.3) is 5.56 Å². The molecule has 0 fully saturated rings. The first-order chi connectivity index (χ1) is 21.7. The molecule has 0 spiro atoms. The van der Waals surface area contributed by atoms with E-state index in [0.29, 0.717) is 26.5 Å². The van der Waals surface area contributed by atoms with Gasteiger partial charge in [-0.05, 0) is 80.1 Å². The Morgan fingerprint density at radius 3 is 2.38 bits per heavy atom. The van der Waals surface area contributed by atoms with E-state index < -0.39 is 12.0 Å². The van der Waals surface area contributed by atoms with Crippen LogP contribution in [-0.2, 0) is 9.53 Å². The first kappa shape index (κ1) is 30.3. The van der Waals surface area contributed by atoms with E-state index in [1.165, 1.54) is 22.5 Å². The molecule has 1 aliphatic heterocycles. The number of esters is 1. The molecule has 45 heavy (non-hydrogen) atoms.